The summed E-state index contributed by atoms with van der Waals surface area (Å²) in [5.74, 6) is 1.05. The van der Waals surface area contributed by atoms with E-state index >= 15 is 0 Å². The maximum atomic E-state index is 13.1. The molecule has 0 spiro atoms. The molecule has 1 aliphatic heterocycles. The lowest BCUT2D eigenvalue weighted by Gasteiger charge is -2.21. The highest BCUT2D eigenvalue weighted by Crippen LogP contribution is 2.40. The van der Waals surface area contributed by atoms with Crippen LogP contribution in [-0.2, 0) is 4.79 Å². The second-order valence-electron chi connectivity index (χ2n) is 7.50. The fourth-order valence-corrected chi connectivity index (χ4v) is 3.82. The molecule has 1 fully saturated rings. The number of amides is 2. The highest BCUT2D eigenvalue weighted by Gasteiger charge is 2.20. The number of carbonyl (C=O) groups is 2. The fraction of sp³-hybridized carbons (Fsp3) is 0.360. The van der Waals surface area contributed by atoms with Gasteiger partial charge in [0.25, 0.3) is 5.91 Å². The van der Waals surface area contributed by atoms with Crippen LogP contribution in [0, 0.1) is 0 Å². The highest BCUT2D eigenvalue weighted by molar-refractivity contribution is 6.07. The number of carbonyl (C=O) groups excluding carboxylic acids is 2. The first-order valence-electron chi connectivity index (χ1n) is 10.8. The molecule has 2 aromatic rings. The Morgan fingerprint density at radius 1 is 0.875 bits per heavy atom. The van der Waals surface area contributed by atoms with Gasteiger partial charge in [-0.1, -0.05) is 25.0 Å². The van der Waals surface area contributed by atoms with Crippen LogP contribution >= 0.6 is 0 Å². The van der Waals surface area contributed by atoms with Crippen molar-refractivity contribution in [2.75, 3.05) is 39.7 Å². The number of hydrogen-bond acceptors (Lipinski definition) is 5. The van der Waals surface area contributed by atoms with Gasteiger partial charge in [-0.25, -0.2) is 0 Å². The molecule has 2 aromatic carbocycles. The summed E-state index contributed by atoms with van der Waals surface area (Å²) in [5.41, 5.74) is 1.66. The summed E-state index contributed by atoms with van der Waals surface area (Å²) < 4.78 is 16.1. The van der Waals surface area contributed by atoms with Crippen molar-refractivity contribution in [3.8, 4) is 17.2 Å². The van der Waals surface area contributed by atoms with E-state index in [1.807, 2.05) is 11.0 Å². The molecule has 0 bridgehead atoms. The summed E-state index contributed by atoms with van der Waals surface area (Å²) in [5, 5.41) is 2.84. The molecule has 32 heavy (non-hydrogen) atoms. The Balaban J connectivity index is 1.77. The van der Waals surface area contributed by atoms with E-state index in [1.54, 1.807) is 43.5 Å². The van der Waals surface area contributed by atoms with Gasteiger partial charge in [-0.05, 0) is 43.2 Å². The average molecular weight is 439 g/mol. The highest BCUT2D eigenvalue weighted by atomic mass is 16.5. The van der Waals surface area contributed by atoms with Gasteiger partial charge in [0.05, 0.1) is 32.6 Å². The van der Waals surface area contributed by atoms with Crippen LogP contribution in [0.5, 0.6) is 17.2 Å². The first-order valence-corrected chi connectivity index (χ1v) is 10.8. The summed E-state index contributed by atoms with van der Waals surface area (Å²) in [6.07, 6.45) is 7.35. The summed E-state index contributed by atoms with van der Waals surface area (Å²) >= 11 is 0. The van der Waals surface area contributed by atoms with Gasteiger partial charge in [-0.2, -0.15) is 0 Å². The molecular weight excluding hydrogens is 408 g/mol. The van der Waals surface area contributed by atoms with Crippen molar-refractivity contribution >= 4 is 23.6 Å². The van der Waals surface area contributed by atoms with Crippen molar-refractivity contribution in [3.05, 3.63) is 53.6 Å². The van der Waals surface area contributed by atoms with Gasteiger partial charge < -0.3 is 24.4 Å². The molecule has 7 nitrogen and oxygen atoms in total. The van der Waals surface area contributed by atoms with E-state index in [2.05, 4.69) is 5.32 Å². The summed E-state index contributed by atoms with van der Waals surface area (Å²) in [6, 6.07) is 10.6. The monoisotopic (exact) mass is 438 g/mol. The lowest BCUT2D eigenvalue weighted by atomic mass is 10.1. The number of hydrogen-bond donors (Lipinski definition) is 1. The molecule has 1 N–H and O–H groups in total. The van der Waals surface area contributed by atoms with E-state index in [-0.39, 0.29) is 11.8 Å². The van der Waals surface area contributed by atoms with Crippen LogP contribution in [0.1, 0.15) is 41.6 Å². The second-order valence-corrected chi connectivity index (χ2v) is 7.50. The van der Waals surface area contributed by atoms with Crippen molar-refractivity contribution in [2.45, 2.75) is 25.7 Å². The molecule has 1 saturated heterocycles. The predicted molar refractivity (Wildman–Crippen MR) is 125 cm³/mol. The van der Waals surface area contributed by atoms with Crippen molar-refractivity contribution in [1.29, 1.82) is 0 Å². The summed E-state index contributed by atoms with van der Waals surface area (Å²) in [4.78, 5) is 27.6. The molecule has 0 unspecified atom stereocenters. The van der Waals surface area contributed by atoms with Crippen LogP contribution < -0.4 is 19.5 Å². The molecular formula is C25H30N2O5. The molecule has 1 aliphatic rings. The minimum absolute atomic E-state index is 0.0478. The molecule has 2 amide bonds. The minimum Gasteiger partial charge on any atom is -0.493 e. The lowest BCUT2D eigenvalue weighted by Crippen LogP contribution is -2.32. The second kappa shape index (κ2) is 11.2. The quantitative estimate of drug-likeness (QED) is 0.649. The third-order valence-corrected chi connectivity index (χ3v) is 5.46. The Morgan fingerprint density at radius 3 is 2.22 bits per heavy atom. The van der Waals surface area contributed by atoms with E-state index in [9.17, 15) is 9.59 Å². The number of rotatable bonds is 7. The van der Waals surface area contributed by atoms with Gasteiger partial charge in [0.1, 0.15) is 0 Å². The number of anilines is 1. The Morgan fingerprint density at radius 2 is 1.56 bits per heavy atom. The van der Waals surface area contributed by atoms with Gasteiger partial charge in [-0.15, -0.1) is 0 Å². The van der Waals surface area contributed by atoms with Crippen molar-refractivity contribution in [1.82, 2.24) is 4.90 Å². The van der Waals surface area contributed by atoms with Crippen LogP contribution in [0.3, 0.4) is 0 Å². The topological polar surface area (TPSA) is 77.1 Å². The number of methoxy groups -OCH3 is 3. The normalized spacial score (nSPS) is 14.0. The van der Waals surface area contributed by atoms with Crippen LogP contribution in [0.15, 0.2) is 42.5 Å². The molecule has 0 saturated carbocycles. The minimum atomic E-state index is -0.349. The first kappa shape index (κ1) is 23.2. The van der Waals surface area contributed by atoms with E-state index in [4.69, 9.17) is 14.2 Å². The number of likely N-dealkylation sites (tertiary alicyclic amines) is 1. The zero-order valence-corrected chi connectivity index (χ0v) is 18.8. The molecule has 7 heteroatoms. The maximum Gasteiger partial charge on any atom is 0.255 e. The lowest BCUT2D eigenvalue weighted by molar-refractivity contribution is -0.111. The van der Waals surface area contributed by atoms with Crippen LogP contribution in [0.25, 0.3) is 6.08 Å². The Hall–Kier alpha value is -3.48. The molecule has 3 rings (SSSR count). The van der Waals surface area contributed by atoms with Crippen molar-refractivity contribution in [2.24, 2.45) is 0 Å². The van der Waals surface area contributed by atoms with E-state index in [1.165, 1.54) is 20.3 Å². The Kier molecular flexibility index (Phi) is 8.14. The number of benzene rings is 2. The molecule has 170 valence electrons. The third-order valence-electron chi connectivity index (χ3n) is 5.46. The zero-order valence-electron chi connectivity index (χ0n) is 18.8. The van der Waals surface area contributed by atoms with Gasteiger partial charge >= 0.3 is 0 Å². The van der Waals surface area contributed by atoms with E-state index in [0.29, 0.717) is 34.1 Å². The summed E-state index contributed by atoms with van der Waals surface area (Å²) in [7, 11) is 4.60. The van der Waals surface area contributed by atoms with E-state index in [0.717, 1.165) is 38.8 Å². The Bertz CT molecular complexity index is 978. The molecule has 1 heterocycles. The number of para-hydroxylation sites is 1. The molecule has 0 atom stereocenters. The standard InChI is InChI=1S/C25H30N2O5/c1-30-21-14-12-18(23(31-2)24(21)32-3)13-15-22(28)26-20-11-7-6-10-19(20)25(29)27-16-8-4-5-9-17-27/h6-7,10-15H,4-5,8-9,16-17H2,1-3H3,(H,26,28)/b15-13+. The van der Waals surface area contributed by atoms with Crippen LogP contribution in [0.4, 0.5) is 5.69 Å². The van der Waals surface area contributed by atoms with Gasteiger partial charge in [-0.3, -0.25) is 9.59 Å². The van der Waals surface area contributed by atoms with Crippen LogP contribution in [0.2, 0.25) is 0 Å². The smallest absolute Gasteiger partial charge is 0.255 e. The van der Waals surface area contributed by atoms with Crippen molar-refractivity contribution in [3.63, 3.8) is 0 Å². The Labute approximate surface area is 189 Å². The fourth-order valence-electron chi connectivity index (χ4n) is 3.82. The van der Waals surface area contributed by atoms with Crippen molar-refractivity contribution < 1.29 is 23.8 Å². The molecule has 0 aromatic heterocycles. The molecule has 0 radical (unpaired) electrons. The molecule has 0 aliphatic carbocycles. The van der Waals surface area contributed by atoms with Crippen LogP contribution in [-0.4, -0.2) is 51.1 Å². The van der Waals surface area contributed by atoms with E-state index < -0.39 is 0 Å². The summed E-state index contributed by atoms with van der Waals surface area (Å²) in [6.45, 7) is 1.50. The first-order chi connectivity index (χ1) is 15.6. The zero-order chi connectivity index (χ0) is 22.9. The predicted octanol–water partition coefficient (Wildman–Crippen LogP) is 4.38. The van der Waals surface area contributed by atoms with Gasteiger partial charge in [0, 0.05) is 24.7 Å². The van der Waals surface area contributed by atoms with Gasteiger partial charge in [0.15, 0.2) is 11.5 Å². The number of nitrogens with one attached hydrogen (secondary N) is 1. The SMILES string of the molecule is COc1ccc(/C=C/C(=O)Nc2ccccc2C(=O)N2CCCCCC2)c(OC)c1OC. The largest absolute Gasteiger partial charge is 0.493 e. The third kappa shape index (κ3) is 5.41. The number of nitrogens with zero attached hydrogens (tertiary/aromatic N) is 1. The van der Waals surface area contributed by atoms with Gasteiger partial charge in [0.2, 0.25) is 11.7 Å². The maximum absolute atomic E-state index is 13.1. The number of ether oxygens (including phenoxy) is 3. The average Bonchev–Trinajstić information content (AvgIpc) is 3.11.